The van der Waals surface area contributed by atoms with Gasteiger partial charge in [0.2, 0.25) is 11.8 Å². The lowest BCUT2D eigenvalue weighted by Crippen LogP contribution is -2.22. The second kappa shape index (κ2) is 7.08. The number of benzene rings is 1. The lowest BCUT2D eigenvalue weighted by atomic mass is 10.2. The molecule has 0 unspecified atom stereocenters. The number of hydrogen-bond acceptors (Lipinski definition) is 2. The van der Waals surface area contributed by atoms with Crippen LogP contribution in [0.3, 0.4) is 0 Å². The fraction of sp³-hybridized carbons (Fsp3) is 0.500. The van der Waals surface area contributed by atoms with Gasteiger partial charge >= 0.3 is 0 Å². The van der Waals surface area contributed by atoms with Crippen LogP contribution in [-0.2, 0) is 16.1 Å². The Morgan fingerprint density at radius 3 is 2.50 bits per heavy atom. The van der Waals surface area contributed by atoms with Crippen molar-refractivity contribution in [3.63, 3.8) is 0 Å². The summed E-state index contributed by atoms with van der Waals surface area (Å²) in [6.07, 6.45) is 4.56. The average Bonchev–Trinajstić information content (AvgIpc) is 3.29. The van der Waals surface area contributed by atoms with Crippen LogP contribution in [0.15, 0.2) is 24.3 Å². The van der Waals surface area contributed by atoms with Gasteiger partial charge < -0.3 is 10.6 Å². The fourth-order valence-corrected chi connectivity index (χ4v) is 1.92. The molecule has 1 aromatic carbocycles. The summed E-state index contributed by atoms with van der Waals surface area (Å²) in [5.41, 5.74) is 1.86. The summed E-state index contributed by atoms with van der Waals surface area (Å²) in [6, 6.07) is 7.63. The molecule has 2 rings (SSSR count). The van der Waals surface area contributed by atoms with Gasteiger partial charge in [0.25, 0.3) is 0 Å². The molecule has 1 fully saturated rings. The third kappa shape index (κ3) is 4.68. The van der Waals surface area contributed by atoms with Gasteiger partial charge in [0, 0.05) is 24.6 Å². The van der Waals surface area contributed by atoms with Gasteiger partial charge in [-0.2, -0.15) is 0 Å². The van der Waals surface area contributed by atoms with E-state index in [1.165, 1.54) is 0 Å². The molecule has 1 aromatic rings. The number of hydrogen-bond donors (Lipinski definition) is 2. The van der Waals surface area contributed by atoms with E-state index in [9.17, 15) is 9.59 Å². The molecular formula is C16H22N2O2. The van der Waals surface area contributed by atoms with E-state index in [1.807, 2.05) is 24.3 Å². The Balaban J connectivity index is 1.76. The molecule has 0 aromatic heterocycles. The first-order valence-electron chi connectivity index (χ1n) is 7.35. The van der Waals surface area contributed by atoms with Crippen molar-refractivity contribution < 1.29 is 9.59 Å². The molecule has 4 heteroatoms. The molecular weight excluding hydrogens is 252 g/mol. The van der Waals surface area contributed by atoms with Crippen molar-refractivity contribution >= 4 is 17.5 Å². The van der Waals surface area contributed by atoms with Crippen molar-refractivity contribution in [3.8, 4) is 0 Å². The Labute approximate surface area is 119 Å². The maximum absolute atomic E-state index is 11.6. The third-order valence-electron chi connectivity index (χ3n) is 3.42. The highest BCUT2D eigenvalue weighted by Crippen LogP contribution is 2.30. The molecule has 1 saturated carbocycles. The van der Waals surface area contributed by atoms with Crippen LogP contribution in [-0.4, -0.2) is 11.8 Å². The van der Waals surface area contributed by atoms with E-state index in [0.29, 0.717) is 13.0 Å². The minimum Gasteiger partial charge on any atom is -0.352 e. The van der Waals surface area contributed by atoms with Crippen LogP contribution in [0.4, 0.5) is 5.69 Å². The van der Waals surface area contributed by atoms with E-state index >= 15 is 0 Å². The maximum atomic E-state index is 11.6. The van der Waals surface area contributed by atoms with E-state index in [0.717, 1.165) is 36.9 Å². The number of anilines is 1. The number of rotatable bonds is 7. The predicted octanol–water partition coefficient (Wildman–Crippen LogP) is 2.84. The highest BCUT2D eigenvalue weighted by atomic mass is 16.2. The molecule has 1 aliphatic rings. The minimum atomic E-state index is 0.0953. The average molecular weight is 274 g/mol. The highest BCUT2D eigenvalue weighted by molar-refractivity contribution is 5.94. The van der Waals surface area contributed by atoms with Gasteiger partial charge in [0.15, 0.2) is 0 Å². The predicted molar refractivity (Wildman–Crippen MR) is 79.2 cm³/mol. The number of amides is 2. The van der Waals surface area contributed by atoms with Gasteiger partial charge in [-0.15, -0.1) is 0 Å². The summed E-state index contributed by atoms with van der Waals surface area (Å²) in [5.74, 6) is 0.427. The van der Waals surface area contributed by atoms with Crippen molar-refractivity contribution in [1.29, 1.82) is 0 Å². The van der Waals surface area contributed by atoms with E-state index in [4.69, 9.17) is 0 Å². The van der Waals surface area contributed by atoms with Gasteiger partial charge in [-0.05, 0) is 37.0 Å². The zero-order valence-corrected chi connectivity index (χ0v) is 11.9. The lowest BCUT2D eigenvalue weighted by Gasteiger charge is -2.07. The van der Waals surface area contributed by atoms with Crippen LogP contribution >= 0.6 is 0 Å². The van der Waals surface area contributed by atoms with Crippen molar-refractivity contribution in [2.45, 2.75) is 45.6 Å². The van der Waals surface area contributed by atoms with Gasteiger partial charge in [0.1, 0.15) is 0 Å². The molecule has 0 spiro atoms. The van der Waals surface area contributed by atoms with Crippen molar-refractivity contribution in [2.24, 2.45) is 5.92 Å². The molecule has 0 heterocycles. The topological polar surface area (TPSA) is 58.2 Å². The lowest BCUT2D eigenvalue weighted by molar-refractivity contribution is -0.121. The van der Waals surface area contributed by atoms with Crippen LogP contribution in [0.2, 0.25) is 0 Å². The van der Waals surface area contributed by atoms with E-state index in [1.54, 1.807) is 0 Å². The minimum absolute atomic E-state index is 0.0953. The molecule has 0 atom stereocenters. The summed E-state index contributed by atoms with van der Waals surface area (Å²) in [6.45, 7) is 2.61. The fourth-order valence-electron chi connectivity index (χ4n) is 1.92. The molecule has 0 aliphatic heterocycles. The monoisotopic (exact) mass is 274 g/mol. The molecule has 0 radical (unpaired) electrons. The van der Waals surface area contributed by atoms with E-state index in [-0.39, 0.29) is 17.7 Å². The summed E-state index contributed by atoms with van der Waals surface area (Å²) in [4.78, 5) is 23.1. The van der Waals surface area contributed by atoms with Gasteiger partial charge in [-0.1, -0.05) is 25.5 Å². The zero-order chi connectivity index (χ0) is 14.4. The van der Waals surface area contributed by atoms with Crippen molar-refractivity contribution in [3.05, 3.63) is 29.8 Å². The Morgan fingerprint density at radius 2 is 1.90 bits per heavy atom. The highest BCUT2D eigenvalue weighted by Gasteiger charge is 2.29. The van der Waals surface area contributed by atoms with Crippen molar-refractivity contribution in [1.82, 2.24) is 5.32 Å². The Hall–Kier alpha value is -1.84. The number of nitrogens with one attached hydrogen (secondary N) is 2. The summed E-state index contributed by atoms with van der Waals surface area (Å²) in [7, 11) is 0. The molecule has 2 amide bonds. The normalized spacial score (nSPS) is 13.8. The first kappa shape index (κ1) is 14.6. The van der Waals surface area contributed by atoms with Crippen molar-refractivity contribution in [2.75, 3.05) is 5.32 Å². The molecule has 2 N–H and O–H groups in total. The quantitative estimate of drug-likeness (QED) is 0.803. The summed E-state index contributed by atoms with van der Waals surface area (Å²) in [5, 5.41) is 5.79. The zero-order valence-electron chi connectivity index (χ0n) is 11.9. The standard InChI is InChI=1S/C16H22N2O2/c1-2-3-4-15(19)17-11-12-5-9-14(10-6-12)18-16(20)13-7-8-13/h5-6,9-10,13H,2-4,7-8,11H2,1H3,(H,17,19)(H,18,20). The van der Waals surface area contributed by atoms with E-state index in [2.05, 4.69) is 17.6 Å². The maximum Gasteiger partial charge on any atom is 0.227 e. The summed E-state index contributed by atoms with van der Waals surface area (Å²) < 4.78 is 0. The Morgan fingerprint density at radius 1 is 1.20 bits per heavy atom. The third-order valence-corrected chi connectivity index (χ3v) is 3.42. The van der Waals surface area contributed by atoms with Crippen LogP contribution < -0.4 is 10.6 Å². The Kier molecular flexibility index (Phi) is 5.16. The SMILES string of the molecule is CCCCC(=O)NCc1ccc(NC(=O)C2CC2)cc1. The second-order valence-electron chi connectivity index (χ2n) is 5.34. The first-order valence-corrected chi connectivity index (χ1v) is 7.35. The summed E-state index contributed by atoms with van der Waals surface area (Å²) >= 11 is 0. The number of carbonyl (C=O) groups is 2. The van der Waals surface area contributed by atoms with Crippen LogP contribution in [0.1, 0.15) is 44.6 Å². The van der Waals surface area contributed by atoms with E-state index < -0.39 is 0 Å². The van der Waals surface area contributed by atoms with Crippen LogP contribution in [0.25, 0.3) is 0 Å². The smallest absolute Gasteiger partial charge is 0.227 e. The number of carbonyl (C=O) groups excluding carboxylic acids is 2. The second-order valence-corrected chi connectivity index (χ2v) is 5.34. The first-order chi connectivity index (χ1) is 9.69. The van der Waals surface area contributed by atoms with Gasteiger partial charge in [-0.25, -0.2) is 0 Å². The molecule has 1 aliphatic carbocycles. The molecule has 0 bridgehead atoms. The molecule has 20 heavy (non-hydrogen) atoms. The molecule has 0 saturated heterocycles. The van der Waals surface area contributed by atoms with Crippen LogP contribution in [0, 0.1) is 5.92 Å². The van der Waals surface area contributed by atoms with Crippen LogP contribution in [0.5, 0.6) is 0 Å². The number of unbranched alkanes of at least 4 members (excludes halogenated alkanes) is 1. The Bertz CT molecular complexity index is 464. The molecule has 4 nitrogen and oxygen atoms in total. The van der Waals surface area contributed by atoms with Gasteiger partial charge in [0.05, 0.1) is 0 Å². The van der Waals surface area contributed by atoms with Gasteiger partial charge in [-0.3, -0.25) is 9.59 Å². The molecule has 108 valence electrons. The largest absolute Gasteiger partial charge is 0.352 e.